The van der Waals surface area contributed by atoms with Crippen LogP contribution in [0.25, 0.3) is 11.8 Å². The van der Waals surface area contributed by atoms with Crippen molar-refractivity contribution in [3.63, 3.8) is 0 Å². The highest BCUT2D eigenvalue weighted by atomic mass is 35.5. The fourth-order valence-corrected chi connectivity index (χ4v) is 4.93. The van der Waals surface area contributed by atoms with Gasteiger partial charge in [-0.05, 0) is 92.2 Å². The number of imide groups is 1. The van der Waals surface area contributed by atoms with E-state index in [4.69, 9.17) is 16.3 Å². The Labute approximate surface area is 207 Å². The summed E-state index contributed by atoms with van der Waals surface area (Å²) in [6.45, 7) is 6.19. The first kappa shape index (κ1) is 23.9. The predicted molar refractivity (Wildman–Crippen MR) is 134 cm³/mol. The highest BCUT2D eigenvalue weighted by Gasteiger charge is 2.35. The van der Waals surface area contributed by atoms with E-state index in [1.54, 1.807) is 43.3 Å². The number of amides is 2. The van der Waals surface area contributed by atoms with Gasteiger partial charge in [0.25, 0.3) is 11.1 Å². The van der Waals surface area contributed by atoms with Crippen LogP contribution in [0.5, 0.6) is 0 Å². The Bertz CT molecular complexity index is 1310. The normalized spacial score (nSPS) is 14.8. The highest BCUT2D eigenvalue weighted by molar-refractivity contribution is 8.18. The molecule has 0 aliphatic carbocycles. The summed E-state index contributed by atoms with van der Waals surface area (Å²) < 4.78 is 7.08. The van der Waals surface area contributed by atoms with Crippen LogP contribution in [-0.2, 0) is 16.1 Å². The van der Waals surface area contributed by atoms with Crippen LogP contribution in [0.3, 0.4) is 0 Å². The van der Waals surface area contributed by atoms with Gasteiger partial charge in [0, 0.05) is 22.1 Å². The van der Waals surface area contributed by atoms with Crippen LogP contribution in [0.15, 0.2) is 59.5 Å². The molecule has 34 heavy (non-hydrogen) atoms. The lowest BCUT2D eigenvalue weighted by Crippen LogP contribution is -2.27. The maximum absolute atomic E-state index is 13.0. The molecule has 1 fully saturated rings. The fourth-order valence-electron chi connectivity index (χ4n) is 3.89. The van der Waals surface area contributed by atoms with Gasteiger partial charge in [-0.1, -0.05) is 23.7 Å². The van der Waals surface area contributed by atoms with Crippen LogP contribution in [0.4, 0.5) is 4.79 Å². The van der Waals surface area contributed by atoms with Crippen molar-refractivity contribution in [2.75, 3.05) is 6.61 Å². The number of rotatable bonds is 6. The third kappa shape index (κ3) is 4.81. The van der Waals surface area contributed by atoms with Gasteiger partial charge in [0.2, 0.25) is 0 Å². The number of aryl methyl sites for hydroxylation is 1. The number of hydrogen-bond acceptors (Lipinski definition) is 5. The lowest BCUT2D eigenvalue weighted by atomic mass is 10.2. The quantitative estimate of drug-likeness (QED) is 0.303. The van der Waals surface area contributed by atoms with Crippen molar-refractivity contribution in [3.05, 3.63) is 92.6 Å². The van der Waals surface area contributed by atoms with Crippen LogP contribution in [0.1, 0.15) is 39.8 Å². The van der Waals surface area contributed by atoms with E-state index in [-0.39, 0.29) is 23.7 Å². The second-order valence-corrected chi connectivity index (χ2v) is 9.26. The molecule has 3 aromatic rings. The van der Waals surface area contributed by atoms with Crippen LogP contribution in [0, 0.1) is 13.8 Å². The zero-order chi connectivity index (χ0) is 24.4. The molecule has 0 radical (unpaired) electrons. The van der Waals surface area contributed by atoms with E-state index in [9.17, 15) is 14.4 Å². The zero-order valence-corrected chi connectivity index (χ0v) is 20.6. The molecular formula is C26H23ClN2O4S. The van der Waals surface area contributed by atoms with Crippen LogP contribution in [0.2, 0.25) is 5.02 Å². The molecule has 174 valence electrons. The van der Waals surface area contributed by atoms with E-state index in [1.165, 1.54) is 4.90 Å². The largest absolute Gasteiger partial charge is 0.462 e. The molecule has 2 heterocycles. The Morgan fingerprint density at radius 2 is 1.82 bits per heavy atom. The minimum absolute atomic E-state index is 0.175. The molecule has 2 amide bonds. The van der Waals surface area contributed by atoms with Gasteiger partial charge in [0.1, 0.15) is 0 Å². The molecule has 0 spiro atoms. The van der Waals surface area contributed by atoms with Gasteiger partial charge >= 0.3 is 5.97 Å². The van der Waals surface area contributed by atoms with Crippen molar-refractivity contribution in [2.45, 2.75) is 27.3 Å². The molecule has 0 bridgehead atoms. The monoisotopic (exact) mass is 494 g/mol. The first-order valence-electron chi connectivity index (χ1n) is 10.7. The lowest BCUT2D eigenvalue weighted by molar-refractivity contribution is -0.123. The number of thioether (sulfide) groups is 1. The minimum Gasteiger partial charge on any atom is -0.462 e. The highest BCUT2D eigenvalue weighted by Crippen LogP contribution is 2.35. The number of halogens is 1. The summed E-state index contributed by atoms with van der Waals surface area (Å²) in [6.07, 6.45) is 1.76. The van der Waals surface area contributed by atoms with Gasteiger partial charge in [-0.2, -0.15) is 0 Å². The molecule has 4 rings (SSSR count). The molecule has 6 nitrogen and oxygen atoms in total. The first-order chi connectivity index (χ1) is 16.3. The van der Waals surface area contributed by atoms with Crippen LogP contribution >= 0.6 is 23.4 Å². The number of benzene rings is 2. The maximum atomic E-state index is 13.0. The van der Waals surface area contributed by atoms with Gasteiger partial charge in [-0.25, -0.2) is 4.79 Å². The van der Waals surface area contributed by atoms with Crippen molar-refractivity contribution in [1.29, 1.82) is 0 Å². The smallest absolute Gasteiger partial charge is 0.338 e. The predicted octanol–water partition coefficient (Wildman–Crippen LogP) is 6.16. The van der Waals surface area contributed by atoms with Gasteiger partial charge in [0.15, 0.2) is 0 Å². The number of carbonyl (C=O) groups excluding carboxylic acids is 3. The summed E-state index contributed by atoms with van der Waals surface area (Å²) in [7, 11) is 0. The van der Waals surface area contributed by atoms with Gasteiger partial charge in [-0.3, -0.25) is 14.5 Å². The molecule has 1 aliphatic heterocycles. The minimum atomic E-state index is -0.357. The number of aromatic nitrogens is 1. The Hall–Kier alpha value is -3.29. The van der Waals surface area contributed by atoms with E-state index >= 15 is 0 Å². The van der Waals surface area contributed by atoms with Crippen molar-refractivity contribution in [1.82, 2.24) is 9.47 Å². The second-order valence-electron chi connectivity index (χ2n) is 7.83. The maximum Gasteiger partial charge on any atom is 0.338 e. The molecule has 1 aliphatic rings. The standard InChI is InChI=1S/C26H23ClN2O4S/c1-4-33-25(31)19-8-10-22(11-9-19)29-16(2)12-20(17(29)3)14-23-24(30)28(26(32)34-23)15-18-6-5-7-21(27)13-18/h5-14H,4,15H2,1-3H3/b23-14-. The zero-order valence-electron chi connectivity index (χ0n) is 19.0. The molecule has 8 heteroatoms. The molecule has 0 N–H and O–H groups in total. The van der Waals surface area contributed by atoms with E-state index in [0.717, 1.165) is 40.0 Å². The number of ether oxygens (including phenoxy) is 1. The molecule has 2 aromatic carbocycles. The summed E-state index contributed by atoms with van der Waals surface area (Å²) in [5.74, 6) is -0.678. The van der Waals surface area contributed by atoms with E-state index in [2.05, 4.69) is 0 Å². The van der Waals surface area contributed by atoms with Crippen LogP contribution in [-0.4, -0.2) is 33.2 Å². The Morgan fingerprint density at radius 1 is 1.09 bits per heavy atom. The third-order valence-electron chi connectivity index (χ3n) is 5.50. The van der Waals surface area contributed by atoms with E-state index < -0.39 is 0 Å². The summed E-state index contributed by atoms with van der Waals surface area (Å²) in [5, 5.41) is 0.252. The summed E-state index contributed by atoms with van der Waals surface area (Å²) in [4.78, 5) is 39.0. The topological polar surface area (TPSA) is 68.6 Å². The molecule has 1 saturated heterocycles. The Balaban J connectivity index is 1.58. The van der Waals surface area contributed by atoms with Crippen molar-refractivity contribution in [2.24, 2.45) is 0 Å². The summed E-state index contributed by atoms with van der Waals surface area (Å²) in [5.41, 5.74) is 4.90. The molecular weight excluding hydrogens is 472 g/mol. The molecule has 0 unspecified atom stereocenters. The van der Waals surface area contributed by atoms with E-state index in [1.807, 2.05) is 42.7 Å². The lowest BCUT2D eigenvalue weighted by Gasteiger charge is -2.12. The van der Waals surface area contributed by atoms with Crippen molar-refractivity contribution < 1.29 is 19.1 Å². The number of nitrogens with zero attached hydrogens (tertiary/aromatic N) is 2. The van der Waals surface area contributed by atoms with E-state index in [0.29, 0.717) is 22.1 Å². The van der Waals surface area contributed by atoms with Gasteiger partial charge in [-0.15, -0.1) is 0 Å². The fraction of sp³-hybridized carbons (Fsp3) is 0.192. The SMILES string of the molecule is CCOC(=O)c1ccc(-n2c(C)cc(/C=C3\SC(=O)N(Cc4cccc(Cl)c4)C3=O)c2C)cc1. The first-order valence-corrected chi connectivity index (χ1v) is 11.9. The summed E-state index contributed by atoms with van der Waals surface area (Å²) in [6, 6.07) is 16.3. The average Bonchev–Trinajstić information content (AvgIpc) is 3.23. The number of hydrogen-bond donors (Lipinski definition) is 0. The van der Waals surface area contributed by atoms with Crippen molar-refractivity contribution >= 4 is 46.6 Å². The Morgan fingerprint density at radius 3 is 2.50 bits per heavy atom. The number of carbonyl (C=O) groups is 3. The molecule has 0 atom stereocenters. The van der Waals surface area contributed by atoms with Gasteiger partial charge < -0.3 is 9.30 Å². The Kier molecular flexibility index (Phi) is 6.95. The molecule has 0 saturated carbocycles. The van der Waals surface area contributed by atoms with Gasteiger partial charge in [0.05, 0.1) is 23.6 Å². The average molecular weight is 495 g/mol. The van der Waals surface area contributed by atoms with Crippen LogP contribution < -0.4 is 0 Å². The van der Waals surface area contributed by atoms with Crippen molar-refractivity contribution in [3.8, 4) is 5.69 Å². The summed E-state index contributed by atoms with van der Waals surface area (Å²) >= 11 is 6.97. The third-order valence-corrected chi connectivity index (χ3v) is 6.64. The second kappa shape index (κ2) is 9.91. The molecule has 1 aromatic heterocycles. The number of esters is 1.